The average Bonchev–Trinajstić information content (AvgIpc) is 3.34. The van der Waals surface area contributed by atoms with Gasteiger partial charge in [0.1, 0.15) is 0 Å². The zero-order chi connectivity index (χ0) is 21.1. The number of aliphatic carboxylic acids is 1. The van der Waals surface area contributed by atoms with Gasteiger partial charge in [0.2, 0.25) is 0 Å². The molecule has 0 unspecified atom stereocenters. The topological polar surface area (TPSA) is 96.2 Å². The highest BCUT2D eigenvalue weighted by atomic mass is 16.5. The van der Waals surface area contributed by atoms with Crippen LogP contribution in [0, 0.1) is 39.9 Å². The number of ether oxygens (including phenoxy) is 1. The lowest BCUT2D eigenvalue weighted by molar-refractivity contribution is -0.190. The van der Waals surface area contributed by atoms with Gasteiger partial charge in [-0.25, -0.2) is 0 Å². The van der Waals surface area contributed by atoms with Crippen molar-refractivity contribution < 1.29 is 24.5 Å². The molecule has 0 aromatic rings. The summed E-state index contributed by atoms with van der Waals surface area (Å²) in [5, 5.41) is 22.0. The normalized spacial score (nSPS) is 50.1. The summed E-state index contributed by atoms with van der Waals surface area (Å²) in [5.74, 6) is -1.07. The molecule has 7 rings (SSSR count). The molecular weight excluding hydrogens is 382 g/mol. The number of esters is 1. The first-order valence-corrected chi connectivity index (χ1v) is 11.6. The van der Waals surface area contributed by atoms with Crippen LogP contribution in [0.3, 0.4) is 0 Å². The summed E-state index contributed by atoms with van der Waals surface area (Å²) < 4.78 is 5.73. The molecule has 1 heterocycles. The van der Waals surface area contributed by atoms with E-state index in [1.807, 2.05) is 0 Å². The van der Waals surface area contributed by atoms with Gasteiger partial charge >= 0.3 is 11.9 Å². The Morgan fingerprint density at radius 2 is 2.00 bits per heavy atom. The molecule has 0 aromatic carbocycles. The van der Waals surface area contributed by atoms with Crippen LogP contribution in [0.1, 0.15) is 58.8 Å². The maximum atomic E-state index is 12.4. The summed E-state index contributed by atoms with van der Waals surface area (Å²) in [5.41, 5.74) is 2.61. The molecule has 4 saturated carbocycles. The Bertz CT molecular complexity index is 923. The van der Waals surface area contributed by atoms with Crippen LogP contribution in [0.15, 0.2) is 16.1 Å². The predicted molar refractivity (Wildman–Crippen MR) is 109 cm³/mol. The SMILES string of the molecule is CC(=O)OC[C@@]12CC[C@]34C(=NC[C@H]3C)[C@@]13C[C@@H](C(=O)O)[C@H]1CCC(=C13)CC[C@@H]2[C@H]4O. The minimum atomic E-state index is -0.710. The van der Waals surface area contributed by atoms with Gasteiger partial charge in [-0.1, -0.05) is 18.1 Å². The van der Waals surface area contributed by atoms with Gasteiger partial charge in [-0.3, -0.25) is 14.6 Å². The van der Waals surface area contributed by atoms with Gasteiger partial charge in [-0.05, 0) is 62.7 Å². The highest BCUT2D eigenvalue weighted by Crippen LogP contribution is 2.79. The number of allylic oxidation sites excluding steroid dienone is 2. The molecule has 30 heavy (non-hydrogen) atoms. The van der Waals surface area contributed by atoms with E-state index in [9.17, 15) is 19.8 Å². The second kappa shape index (κ2) is 5.76. The Morgan fingerprint density at radius 3 is 2.73 bits per heavy atom. The summed E-state index contributed by atoms with van der Waals surface area (Å²) in [6.45, 7) is 4.62. The van der Waals surface area contributed by atoms with E-state index in [0.29, 0.717) is 13.0 Å². The molecule has 6 heteroatoms. The van der Waals surface area contributed by atoms with Crippen LogP contribution < -0.4 is 0 Å². The molecule has 6 aliphatic carbocycles. The Balaban J connectivity index is 1.65. The summed E-state index contributed by atoms with van der Waals surface area (Å²) in [6, 6.07) is 0. The van der Waals surface area contributed by atoms with Crippen molar-refractivity contribution in [2.45, 2.75) is 64.9 Å². The molecule has 0 amide bonds. The van der Waals surface area contributed by atoms with Crippen molar-refractivity contribution >= 4 is 17.7 Å². The first-order valence-electron chi connectivity index (χ1n) is 11.6. The molecule has 0 radical (unpaired) electrons. The molecule has 162 valence electrons. The second-order valence-electron chi connectivity index (χ2n) is 10.9. The molecule has 4 bridgehead atoms. The third-order valence-electron chi connectivity index (χ3n) is 10.3. The van der Waals surface area contributed by atoms with Crippen LogP contribution in [0.5, 0.6) is 0 Å². The van der Waals surface area contributed by atoms with Crippen LogP contribution in [0.25, 0.3) is 0 Å². The molecular formula is C24H31NO5. The minimum absolute atomic E-state index is 0.0175. The molecule has 8 atom stereocenters. The van der Waals surface area contributed by atoms with Gasteiger partial charge in [0.25, 0.3) is 0 Å². The fourth-order valence-corrected chi connectivity index (χ4v) is 9.28. The Labute approximate surface area is 176 Å². The molecule has 0 aromatic heterocycles. The standard InChI is InChI=1S/C24H31NO5/c1-12-10-25-21-23(12)8-7-22(11-30-13(2)26)17(19(23)27)6-4-14-3-5-15-16(20(28)29)9-24(21,22)18(14)15/h12,15-17,19,27H,3-11H2,1-2H3,(H,28,29)/t12-,15-,16-,17-,19-,22-,23+,24+/m1/s1. The number of rotatable bonds is 3. The van der Waals surface area contributed by atoms with Gasteiger partial charge < -0.3 is 14.9 Å². The van der Waals surface area contributed by atoms with E-state index in [4.69, 9.17) is 9.73 Å². The lowest BCUT2D eigenvalue weighted by Crippen LogP contribution is -2.73. The van der Waals surface area contributed by atoms with E-state index < -0.39 is 28.8 Å². The number of carboxylic acid groups (broad SMARTS) is 1. The number of carbonyl (C=O) groups is 2. The average molecular weight is 414 g/mol. The maximum absolute atomic E-state index is 12.4. The molecule has 4 fully saturated rings. The number of fused-ring (bicyclic) bond motifs is 1. The molecule has 6 nitrogen and oxygen atoms in total. The van der Waals surface area contributed by atoms with Crippen LogP contribution in [0.4, 0.5) is 0 Å². The smallest absolute Gasteiger partial charge is 0.307 e. The lowest BCUT2D eigenvalue weighted by atomic mass is 9.35. The Morgan fingerprint density at radius 1 is 1.23 bits per heavy atom. The minimum Gasteiger partial charge on any atom is -0.481 e. The van der Waals surface area contributed by atoms with Gasteiger partial charge in [0, 0.05) is 35.4 Å². The number of aliphatic imine (C=N–C) groups is 1. The zero-order valence-electron chi connectivity index (χ0n) is 17.8. The van der Waals surface area contributed by atoms with E-state index in [1.165, 1.54) is 18.1 Å². The molecule has 7 aliphatic rings. The summed E-state index contributed by atoms with van der Waals surface area (Å²) in [4.78, 5) is 29.4. The molecule has 2 N–H and O–H groups in total. The summed E-state index contributed by atoms with van der Waals surface area (Å²) in [7, 11) is 0. The van der Waals surface area contributed by atoms with Gasteiger partial charge in [-0.2, -0.15) is 0 Å². The highest BCUT2D eigenvalue weighted by Gasteiger charge is 2.80. The molecule has 1 aliphatic heterocycles. The maximum Gasteiger partial charge on any atom is 0.307 e. The number of nitrogens with zero attached hydrogens (tertiary/aromatic N) is 1. The fourth-order valence-electron chi connectivity index (χ4n) is 9.28. The Hall–Kier alpha value is -1.69. The second-order valence-corrected chi connectivity index (χ2v) is 10.9. The predicted octanol–water partition coefficient (Wildman–Crippen LogP) is 2.99. The van der Waals surface area contributed by atoms with E-state index in [2.05, 4.69) is 6.92 Å². The van der Waals surface area contributed by atoms with Crippen LogP contribution in [-0.2, 0) is 14.3 Å². The number of carboxylic acids is 1. The molecule has 0 saturated heterocycles. The highest BCUT2D eigenvalue weighted by molar-refractivity contribution is 6.04. The number of carbonyl (C=O) groups excluding carboxylic acids is 1. The zero-order valence-corrected chi connectivity index (χ0v) is 17.8. The lowest BCUT2D eigenvalue weighted by Gasteiger charge is -2.68. The van der Waals surface area contributed by atoms with Gasteiger partial charge in [0.05, 0.1) is 18.6 Å². The molecule has 2 spiro atoms. The third-order valence-corrected chi connectivity index (χ3v) is 10.3. The van der Waals surface area contributed by atoms with Crippen molar-refractivity contribution in [1.82, 2.24) is 0 Å². The largest absolute Gasteiger partial charge is 0.481 e. The van der Waals surface area contributed by atoms with Crippen molar-refractivity contribution in [2.24, 2.45) is 44.9 Å². The van der Waals surface area contributed by atoms with Crippen molar-refractivity contribution in [3.8, 4) is 0 Å². The number of hydrogen-bond acceptors (Lipinski definition) is 5. The van der Waals surface area contributed by atoms with Gasteiger partial charge in [0.15, 0.2) is 0 Å². The quantitative estimate of drug-likeness (QED) is 0.548. The number of hydrogen-bond donors (Lipinski definition) is 2. The van der Waals surface area contributed by atoms with Crippen molar-refractivity contribution in [3.05, 3.63) is 11.1 Å². The van der Waals surface area contributed by atoms with Crippen LogP contribution in [0.2, 0.25) is 0 Å². The monoisotopic (exact) mass is 413 g/mol. The van der Waals surface area contributed by atoms with Crippen molar-refractivity contribution in [3.63, 3.8) is 0 Å². The number of aliphatic hydroxyl groups is 1. The van der Waals surface area contributed by atoms with Crippen molar-refractivity contribution in [2.75, 3.05) is 13.2 Å². The van der Waals surface area contributed by atoms with E-state index in [0.717, 1.165) is 44.2 Å². The van der Waals surface area contributed by atoms with Crippen LogP contribution in [-0.4, -0.2) is 47.1 Å². The van der Waals surface area contributed by atoms with Gasteiger partial charge in [-0.15, -0.1) is 0 Å². The first-order chi connectivity index (χ1) is 14.3. The Kier molecular flexibility index (Phi) is 3.65. The fraction of sp³-hybridized carbons (Fsp3) is 0.792. The van der Waals surface area contributed by atoms with Crippen LogP contribution >= 0.6 is 0 Å². The van der Waals surface area contributed by atoms with E-state index >= 15 is 0 Å². The first kappa shape index (κ1) is 19.0. The summed E-state index contributed by atoms with van der Waals surface area (Å²) >= 11 is 0. The van der Waals surface area contributed by atoms with E-state index in [-0.39, 0.29) is 35.7 Å². The summed E-state index contributed by atoms with van der Waals surface area (Å²) in [6.07, 6.45) is 5.51. The third kappa shape index (κ3) is 1.82. The van der Waals surface area contributed by atoms with E-state index in [1.54, 1.807) is 0 Å². The van der Waals surface area contributed by atoms with Crippen molar-refractivity contribution in [1.29, 1.82) is 0 Å². The number of aliphatic hydroxyl groups excluding tert-OH is 1.